The Hall–Kier alpha value is -3.22. The Labute approximate surface area is 151 Å². The number of hydrogen-bond acceptors (Lipinski definition) is 5. The van der Waals surface area contributed by atoms with Gasteiger partial charge < -0.3 is 9.73 Å². The summed E-state index contributed by atoms with van der Waals surface area (Å²) in [7, 11) is 0. The summed E-state index contributed by atoms with van der Waals surface area (Å²) in [5, 5.41) is 14.8. The third kappa shape index (κ3) is 4.24. The maximum absolute atomic E-state index is 12.8. The third-order valence-electron chi connectivity index (χ3n) is 3.79. The number of carbonyl (C=O) groups is 1. The number of tetrazole rings is 1. The monoisotopic (exact) mass is 351 g/mol. The van der Waals surface area contributed by atoms with Gasteiger partial charge in [0.15, 0.2) is 5.82 Å². The zero-order valence-electron chi connectivity index (χ0n) is 14.8. The van der Waals surface area contributed by atoms with Crippen LogP contribution in [0.5, 0.6) is 0 Å². The second-order valence-corrected chi connectivity index (χ2v) is 6.26. The molecule has 1 N–H and O–H groups in total. The predicted molar refractivity (Wildman–Crippen MR) is 98.6 cm³/mol. The molecule has 7 heteroatoms. The second-order valence-electron chi connectivity index (χ2n) is 6.26. The number of rotatable bonds is 7. The lowest BCUT2D eigenvalue weighted by Crippen LogP contribution is -2.29. The summed E-state index contributed by atoms with van der Waals surface area (Å²) in [5.41, 5.74) is 1.12. The molecule has 3 aromatic rings. The van der Waals surface area contributed by atoms with Gasteiger partial charge in [0.2, 0.25) is 0 Å². The Morgan fingerprint density at radius 1 is 1.23 bits per heavy atom. The van der Waals surface area contributed by atoms with E-state index in [4.69, 9.17) is 4.42 Å². The molecule has 2 aromatic heterocycles. The number of furan rings is 1. The molecule has 0 aliphatic rings. The lowest BCUT2D eigenvalue weighted by Gasteiger charge is -2.11. The molecule has 0 atom stereocenters. The van der Waals surface area contributed by atoms with E-state index in [1.807, 2.05) is 30.3 Å². The van der Waals surface area contributed by atoms with Gasteiger partial charge in [0.1, 0.15) is 11.5 Å². The third-order valence-corrected chi connectivity index (χ3v) is 3.79. The topological polar surface area (TPSA) is 85.8 Å². The number of nitrogens with one attached hydrogen (secondary N) is 1. The molecule has 0 aliphatic heterocycles. The largest absolute Gasteiger partial charge is 0.465 e. The van der Waals surface area contributed by atoms with E-state index in [2.05, 4.69) is 34.7 Å². The van der Waals surface area contributed by atoms with Gasteiger partial charge in [-0.3, -0.25) is 4.79 Å². The van der Waals surface area contributed by atoms with Gasteiger partial charge in [0.05, 0.1) is 6.26 Å². The first-order chi connectivity index (χ1) is 12.6. The van der Waals surface area contributed by atoms with Crippen molar-refractivity contribution in [1.82, 2.24) is 25.5 Å². The molecule has 7 nitrogen and oxygen atoms in total. The van der Waals surface area contributed by atoms with Crippen molar-refractivity contribution in [2.45, 2.75) is 20.3 Å². The van der Waals surface area contributed by atoms with Crippen LogP contribution in [0.25, 0.3) is 23.2 Å². The Morgan fingerprint density at radius 2 is 2.04 bits per heavy atom. The number of nitrogens with zero attached hydrogens (tertiary/aromatic N) is 4. The van der Waals surface area contributed by atoms with Crippen molar-refractivity contribution in [3.05, 3.63) is 54.5 Å². The average molecular weight is 351 g/mol. The smallest absolute Gasteiger partial charge is 0.270 e. The van der Waals surface area contributed by atoms with Crippen LogP contribution < -0.4 is 5.32 Å². The fraction of sp³-hybridized carbons (Fsp3) is 0.263. The van der Waals surface area contributed by atoms with Crippen LogP contribution in [-0.4, -0.2) is 32.7 Å². The summed E-state index contributed by atoms with van der Waals surface area (Å²) in [6, 6.07) is 13.0. The van der Waals surface area contributed by atoms with Crippen LogP contribution in [0.15, 0.2) is 53.1 Å². The van der Waals surface area contributed by atoms with Crippen LogP contribution in [0, 0.1) is 5.92 Å². The molecule has 0 saturated carbocycles. The van der Waals surface area contributed by atoms with Crippen LogP contribution in [0.1, 0.15) is 26.0 Å². The predicted octanol–water partition coefficient (Wildman–Crippen LogP) is 3.09. The zero-order valence-corrected chi connectivity index (χ0v) is 14.8. The van der Waals surface area contributed by atoms with Crippen LogP contribution in [0.2, 0.25) is 0 Å². The summed E-state index contributed by atoms with van der Waals surface area (Å²) in [5.74, 6) is 1.28. The number of aromatic nitrogens is 4. The van der Waals surface area contributed by atoms with Gasteiger partial charge >= 0.3 is 0 Å². The highest BCUT2D eigenvalue weighted by Gasteiger charge is 2.19. The van der Waals surface area contributed by atoms with Gasteiger partial charge in [-0.05, 0) is 34.9 Å². The standard InChI is InChI=1S/C19H21N5O2/c1-14(2)10-11-20-19(25)17(13-16-9-6-12-26-16)24-18(21-22-23-24)15-7-4-3-5-8-15/h3-9,12-14H,10-11H2,1-2H3,(H,20,25)/b17-13-. The lowest BCUT2D eigenvalue weighted by molar-refractivity contribution is -0.116. The van der Waals surface area contributed by atoms with Crippen LogP contribution in [0.3, 0.4) is 0 Å². The molecule has 0 spiro atoms. The molecular weight excluding hydrogens is 330 g/mol. The van der Waals surface area contributed by atoms with Gasteiger partial charge in [-0.1, -0.05) is 44.2 Å². The molecule has 0 radical (unpaired) electrons. The summed E-state index contributed by atoms with van der Waals surface area (Å²) < 4.78 is 6.80. The minimum absolute atomic E-state index is 0.258. The maximum Gasteiger partial charge on any atom is 0.270 e. The second kappa shape index (κ2) is 8.24. The summed E-state index contributed by atoms with van der Waals surface area (Å²) in [4.78, 5) is 12.8. The molecule has 26 heavy (non-hydrogen) atoms. The van der Waals surface area contributed by atoms with E-state index in [1.165, 1.54) is 4.68 Å². The molecular formula is C19H21N5O2. The molecule has 0 fully saturated rings. The SMILES string of the molecule is CC(C)CCNC(=O)/C(=C/c1ccco1)n1nnnc1-c1ccccc1. The minimum atomic E-state index is -0.258. The van der Waals surface area contributed by atoms with Gasteiger partial charge in [-0.15, -0.1) is 5.10 Å². The van der Waals surface area contributed by atoms with E-state index in [0.717, 1.165) is 12.0 Å². The van der Waals surface area contributed by atoms with Crippen LogP contribution >= 0.6 is 0 Å². The van der Waals surface area contributed by atoms with E-state index in [0.29, 0.717) is 29.7 Å². The number of benzene rings is 1. The summed E-state index contributed by atoms with van der Waals surface area (Å²) in [6.07, 6.45) is 4.08. The lowest BCUT2D eigenvalue weighted by atomic mass is 10.1. The molecule has 3 rings (SSSR count). The van der Waals surface area contributed by atoms with Gasteiger partial charge in [-0.25, -0.2) is 0 Å². The zero-order chi connectivity index (χ0) is 18.4. The highest BCUT2D eigenvalue weighted by Crippen LogP contribution is 2.20. The molecule has 2 heterocycles. The van der Waals surface area contributed by atoms with E-state index in [1.54, 1.807) is 24.5 Å². The highest BCUT2D eigenvalue weighted by atomic mass is 16.3. The van der Waals surface area contributed by atoms with E-state index in [9.17, 15) is 4.79 Å². The first kappa shape index (κ1) is 17.6. The highest BCUT2D eigenvalue weighted by molar-refractivity contribution is 6.18. The minimum Gasteiger partial charge on any atom is -0.465 e. The van der Waals surface area contributed by atoms with Crippen LogP contribution in [0.4, 0.5) is 0 Å². The van der Waals surface area contributed by atoms with Crippen LogP contribution in [-0.2, 0) is 4.79 Å². The van der Waals surface area contributed by atoms with Crippen molar-refractivity contribution < 1.29 is 9.21 Å². The number of amides is 1. The van der Waals surface area contributed by atoms with Crippen molar-refractivity contribution >= 4 is 17.7 Å². The average Bonchev–Trinajstić information content (AvgIpc) is 3.31. The van der Waals surface area contributed by atoms with Crippen molar-refractivity contribution in [1.29, 1.82) is 0 Å². The quantitative estimate of drug-likeness (QED) is 0.661. The molecule has 0 unspecified atom stereocenters. The first-order valence-electron chi connectivity index (χ1n) is 8.52. The molecule has 0 aliphatic carbocycles. The van der Waals surface area contributed by atoms with E-state index < -0.39 is 0 Å². The van der Waals surface area contributed by atoms with Crippen molar-refractivity contribution in [3.8, 4) is 11.4 Å². The van der Waals surface area contributed by atoms with E-state index in [-0.39, 0.29) is 5.91 Å². The summed E-state index contributed by atoms with van der Waals surface area (Å²) in [6.45, 7) is 4.80. The van der Waals surface area contributed by atoms with Gasteiger partial charge in [0.25, 0.3) is 5.91 Å². The molecule has 1 amide bonds. The Kier molecular flexibility index (Phi) is 5.58. The normalized spacial score (nSPS) is 11.7. The Bertz CT molecular complexity index is 866. The molecule has 1 aromatic carbocycles. The van der Waals surface area contributed by atoms with Gasteiger partial charge in [0, 0.05) is 18.2 Å². The van der Waals surface area contributed by atoms with Gasteiger partial charge in [-0.2, -0.15) is 4.68 Å². The van der Waals surface area contributed by atoms with Crippen molar-refractivity contribution in [2.75, 3.05) is 6.54 Å². The maximum atomic E-state index is 12.8. The Balaban J connectivity index is 1.95. The molecule has 134 valence electrons. The van der Waals surface area contributed by atoms with Crippen molar-refractivity contribution in [2.24, 2.45) is 5.92 Å². The Morgan fingerprint density at radius 3 is 2.73 bits per heavy atom. The first-order valence-corrected chi connectivity index (χ1v) is 8.52. The number of hydrogen-bond donors (Lipinski definition) is 1. The fourth-order valence-electron chi connectivity index (χ4n) is 2.41. The van der Waals surface area contributed by atoms with Crippen molar-refractivity contribution in [3.63, 3.8) is 0 Å². The number of carbonyl (C=O) groups excluding carboxylic acids is 1. The summed E-state index contributed by atoms with van der Waals surface area (Å²) >= 11 is 0. The van der Waals surface area contributed by atoms with E-state index >= 15 is 0 Å². The molecule has 0 saturated heterocycles. The molecule has 0 bridgehead atoms. The fourth-order valence-corrected chi connectivity index (χ4v) is 2.41.